The Hall–Kier alpha value is -2.59. The maximum atomic E-state index is 12.7. The summed E-state index contributed by atoms with van der Waals surface area (Å²) in [5.41, 5.74) is 3.45. The molecule has 1 atom stereocenters. The first kappa shape index (κ1) is 15.9. The van der Waals surface area contributed by atoms with E-state index >= 15 is 0 Å². The Kier molecular flexibility index (Phi) is 4.06. The highest BCUT2D eigenvalue weighted by molar-refractivity contribution is 6.30. The Morgan fingerprint density at radius 1 is 1.12 bits per heavy atom. The van der Waals surface area contributed by atoms with Crippen LogP contribution in [0.1, 0.15) is 29.4 Å². The minimum absolute atomic E-state index is 0.139. The van der Waals surface area contributed by atoms with Crippen LogP contribution in [0.4, 0.5) is 11.5 Å². The van der Waals surface area contributed by atoms with Gasteiger partial charge in [0.1, 0.15) is 0 Å². The number of fused-ring (bicyclic) bond motifs is 1. The molecule has 0 saturated heterocycles. The van der Waals surface area contributed by atoms with E-state index in [1.807, 2.05) is 59.3 Å². The standard InChI is InChI=1S/C20H18ClN3O/c1-13-10-17-19(18(25)11-13)20(22-15-7-5-6-14(21)12-15)23-24(17)16-8-3-2-4-9-16/h2-9,12-13H,10-11H2,1H3,(H,22,23)/t13-/m1/s1. The molecular formula is C20H18ClN3O. The topological polar surface area (TPSA) is 46.9 Å². The Balaban J connectivity index is 1.83. The lowest BCUT2D eigenvalue weighted by molar-refractivity contribution is 0.0953. The summed E-state index contributed by atoms with van der Waals surface area (Å²) >= 11 is 6.07. The SMILES string of the molecule is C[C@H]1CC(=O)c2c(Nc3cccc(Cl)c3)nn(-c3ccccc3)c2C1. The molecule has 1 aliphatic rings. The quantitative estimate of drug-likeness (QED) is 0.719. The lowest BCUT2D eigenvalue weighted by atomic mass is 9.87. The number of para-hydroxylation sites is 1. The molecule has 1 aromatic heterocycles. The molecule has 1 N–H and O–H groups in total. The Morgan fingerprint density at radius 3 is 2.68 bits per heavy atom. The Labute approximate surface area is 151 Å². The summed E-state index contributed by atoms with van der Waals surface area (Å²) in [6.45, 7) is 2.10. The number of nitrogens with one attached hydrogen (secondary N) is 1. The van der Waals surface area contributed by atoms with Crippen molar-refractivity contribution in [1.29, 1.82) is 0 Å². The maximum absolute atomic E-state index is 12.7. The summed E-state index contributed by atoms with van der Waals surface area (Å²) in [7, 11) is 0. The van der Waals surface area contributed by atoms with E-state index in [1.165, 1.54) is 0 Å². The number of Topliss-reactive ketones (excluding diaryl/α,β-unsaturated/α-hetero) is 1. The number of aromatic nitrogens is 2. The van der Waals surface area contributed by atoms with E-state index in [0.717, 1.165) is 23.5 Å². The summed E-state index contributed by atoms with van der Waals surface area (Å²) in [5.74, 6) is 1.05. The Morgan fingerprint density at radius 2 is 1.92 bits per heavy atom. The molecule has 0 aliphatic heterocycles. The third-order valence-electron chi connectivity index (χ3n) is 4.42. The van der Waals surface area contributed by atoms with Crippen LogP contribution in [-0.4, -0.2) is 15.6 Å². The van der Waals surface area contributed by atoms with Crippen molar-refractivity contribution in [2.75, 3.05) is 5.32 Å². The van der Waals surface area contributed by atoms with Gasteiger partial charge in [-0.25, -0.2) is 4.68 Å². The number of hydrogen-bond donors (Lipinski definition) is 1. The molecule has 0 unspecified atom stereocenters. The zero-order valence-electron chi connectivity index (χ0n) is 13.9. The summed E-state index contributed by atoms with van der Waals surface area (Å²) in [4.78, 5) is 12.7. The van der Waals surface area contributed by atoms with Crippen LogP contribution >= 0.6 is 11.6 Å². The highest BCUT2D eigenvalue weighted by Crippen LogP contribution is 2.34. The van der Waals surface area contributed by atoms with E-state index in [2.05, 4.69) is 12.2 Å². The number of rotatable bonds is 3. The molecule has 4 rings (SSSR count). The van der Waals surface area contributed by atoms with Gasteiger partial charge in [0.05, 0.1) is 16.9 Å². The van der Waals surface area contributed by atoms with Gasteiger partial charge < -0.3 is 5.32 Å². The monoisotopic (exact) mass is 351 g/mol. The van der Waals surface area contributed by atoms with Crippen molar-refractivity contribution in [1.82, 2.24) is 9.78 Å². The van der Waals surface area contributed by atoms with E-state index in [-0.39, 0.29) is 5.78 Å². The Bertz CT molecular complexity index is 933. The smallest absolute Gasteiger partial charge is 0.168 e. The van der Waals surface area contributed by atoms with Crippen molar-refractivity contribution < 1.29 is 4.79 Å². The highest BCUT2D eigenvalue weighted by atomic mass is 35.5. The van der Waals surface area contributed by atoms with Crippen LogP contribution in [0.25, 0.3) is 5.69 Å². The summed E-state index contributed by atoms with van der Waals surface area (Å²) in [5, 5.41) is 8.62. The van der Waals surface area contributed by atoms with Gasteiger partial charge in [0.25, 0.3) is 0 Å². The molecule has 25 heavy (non-hydrogen) atoms. The maximum Gasteiger partial charge on any atom is 0.168 e. The second-order valence-corrected chi connectivity index (χ2v) is 6.93. The first-order valence-electron chi connectivity index (χ1n) is 8.35. The molecule has 0 fully saturated rings. The molecule has 1 heterocycles. The third-order valence-corrected chi connectivity index (χ3v) is 4.66. The predicted octanol–water partition coefficient (Wildman–Crippen LogP) is 5.03. The second kappa shape index (κ2) is 6.37. The number of ketones is 1. The minimum atomic E-state index is 0.139. The number of carbonyl (C=O) groups is 1. The fourth-order valence-corrected chi connectivity index (χ4v) is 3.52. The average Bonchev–Trinajstić information content (AvgIpc) is 2.94. The lowest BCUT2D eigenvalue weighted by Crippen LogP contribution is -2.19. The molecule has 0 amide bonds. The van der Waals surface area contributed by atoms with Crippen molar-refractivity contribution in [3.05, 3.63) is 70.9 Å². The van der Waals surface area contributed by atoms with Crippen molar-refractivity contribution in [3.63, 3.8) is 0 Å². The van der Waals surface area contributed by atoms with Crippen molar-refractivity contribution in [2.45, 2.75) is 19.8 Å². The molecule has 2 aromatic carbocycles. The zero-order chi connectivity index (χ0) is 17.4. The predicted molar refractivity (Wildman–Crippen MR) is 100 cm³/mol. The first-order valence-corrected chi connectivity index (χ1v) is 8.72. The van der Waals surface area contributed by atoms with Gasteiger partial charge >= 0.3 is 0 Å². The summed E-state index contributed by atoms with van der Waals surface area (Å²) < 4.78 is 1.88. The molecule has 0 saturated carbocycles. The fraction of sp³-hybridized carbons (Fsp3) is 0.200. The molecule has 1 aliphatic carbocycles. The van der Waals surface area contributed by atoms with E-state index in [1.54, 1.807) is 0 Å². The number of benzene rings is 2. The van der Waals surface area contributed by atoms with Crippen LogP contribution in [0, 0.1) is 5.92 Å². The van der Waals surface area contributed by atoms with E-state index in [4.69, 9.17) is 16.7 Å². The normalized spacial score (nSPS) is 16.6. The van der Waals surface area contributed by atoms with Crippen molar-refractivity contribution >= 4 is 28.9 Å². The second-order valence-electron chi connectivity index (χ2n) is 6.49. The van der Waals surface area contributed by atoms with Crippen LogP contribution in [-0.2, 0) is 6.42 Å². The third kappa shape index (κ3) is 3.05. The molecule has 0 radical (unpaired) electrons. The van der Waals surface area contributed by atoms with Crippen LogP contribution in [0.2, 0.25) is 5.02 Å². The minimum Gasteiger partial charge on any atom is -0.338 e. The van der Waals surface area contributed by atoms with Gasteiger partial charge in [-0.05, 0) is 42.7 Å². The number of carbonyl (C=O) groups excluding carboxylic acids is 1. The van der Waals surface area contributed by atoms with Gasteiger partial charge in [0.15, 0.2) is 11.6 Å². The van der Waals surface area contributed by atoms with Crippen LogP contribution < -0.4 is 5.32 Å². The van der Waals surface area contributed by atoms with Crippen molar-refractivity contribution in [3.8, 4) is 5.69 Å². The van der Waals surface area contributed by atoms with Crippen LogP contribution in [0.5, 0.6) is 0 Å². The van der Waals surface area contributed by atoms with Crippen LogP contribution in [0.15, 0.2) is 54.6 Å². The van der Waals surface area contributed by atoms with Gasteiger partial charge in [0.2, 0.25) is 0 Å². The molecule has 4 nitrogen and oxygen atoms in total. The van der Waals surface area contributed by atoms with Crippen LogP contribution in [0.3, 0.4) is 0 Å². The average molecular weight is 352 g/mol. The molecule has 0 spiro atoms. The van der Waals surface area contributed by atoms with Gasteiger partial charge in [-0.2, -0.15) is 0 Å². The molecule has 5 heteroatoms. The molecule has 0 bridgehead atoms. The van der Waals surface area contributed by atoms with Gasteiger partial charge in [-0.15, -0.1) is 5.10 Å². The molecule has 3 aromatic rings. The van der Waals surface area contributed by atoms with Crippen molar-refractivity contribution in [2.24, 2.45) is 5.92 Å². The van der Waals surface area contributed by atoms with Gasteiger partial charge in [-0.1, -0.05) is 42.8 Å². The summed E-state index contributed by atoms with van der Waals surface area (Å²) in [6, 6.07) is 17.3. The van der Waals surface area contributed by atoms with Gasteiger partial charge in [0, 0.05) is 17.1 Å². The molecule has 126 valence electrons. The van der Waals surface area contributed by atoms with Gasteiger partial charge in [-0.3, -0.25) is 4.79 Å². The van der Waals surface area contributed by atoms with E-state index < -0.39 is 0 Å². The van der Waals surface area contributed by atoms with E-state index in [9.17, 15) is 4.79 Å². The largest absolute Gasteiger partial charge is 0.338 e. The lowest BCUT2D eigenvalue weighted by Gasteiger charge is -2.19. The number of nitrogens with zero attached hydrogens (tertiary/aromatic N) is 2. The highest BCUT2D eigenvalue weighted by Gasteiger charge is 2.31. The number of anilines is 2. The number of halogens is 1. The number of hydrogen-bond acceptors (Lipinski definition) is 3. The van der Waals surface area contributed by atoms with E-state index in [0.29, 0.717) is 28.7 Å². The molecular weight excluding hydrogens is 334 g/mol. The zero-order valence-corrected chi connectivity index (χ0v) is 14.6. The summed E-state index contributed by atoms with van der Waals surface area (Å²) in [6.07, 6.45) is 1.39. The fourth-order valence-electron chi connectivity index (χ4n) is 3.33. The first-order chi connectivity index (χ1) is 12.1.